The standard InChI is InChI=1S/C28H29N5O4/c1-32-15-19(16-4-5-16)10-18(28(32)35)11-24-31-27-25(33(24)2)26(36-3)23(14-30-27)37-21-8-9-29-20(12-21)13-22(34)17-6-7-17/h8-10,12,14-17H,4-7,11,13H2,1-3H3. The molecule has 0 aliphatic heterocycles. The summed E-state index contributed by atoms with van der Waals surface area (Å²) in [4.78, 5) is 38.6. The van der Waals surface area contributed by atoms with Crippen molar-refractivity contribution in [2.24, 2.45) is 20.0 Å². The van der Waals surface area contributed by atoms with Crippen LogP contribution in [0.25, 0.3) is 11.2 Å². The van der Waals surface area contributed by atoms with Crippen LogP contribution in [0, 0.1) is 5.92 Å². The highest BCUT2D eigenvalue weighted by Crippen LogP contribution is 2.40. The van der Waals surface area contributed by atoms with E-state index in [1.807, 2.05) is 23.9 Å². The monoisotopic (exact) mass is 499 g/mol. The van der Waals surface area contributed by atoms with Gasteiger partial charge < -0.3 is 18.6 Å². The molecule has 0 radical (unpaired) electrons. The Bertz CT molecular complexity index is 1580. The molecule has 0 spiro atoms. The maximum atomic E-state index is 12.8. The zero-order valence-electron chi connectivity index (χ0n) is 21.2. The number of carbonyl (C=O) groups excluding carboxylic acids is 1. The molecule has 2 fully saturated rings. The van der Waals surface area contributed by atoms with E-state index in [4.69, 9.17) is 14.5 Å². The summed E-state index contributed by atoms with van der Waals surface area (Å²) in [5.74, 6) is 3.16. The van der Waals surface area contributed by atoms with E-state index < -0.39 is 0 Å². The van der Waals surface area contributed by atoms with Crippen LogP contribution in [-0.2, 0) is 31.7 Å². The number of hydrogen-bond acceptors (Lipinski definition) is 7. The van der Waals surface area contributed by atoms with Gasteiger partial charge in [-0.05, 0) is 49.3 Å². The van der Waals surface area contributed by atoms with E-state index in [0.717, 1.165) is 12.8 Å². The minimum absolute atomic E-state index is 0.0194. The molecule has 9 nitrogen and oxygen atoms in total. The van der Waals surface area contributed by atoms with Gasteiger partial charge in [-0.15, -0.1) is 0 Å². The van der Waals surface area contributed by atoms with Crippen molar-refractivity contribution in [1.82, 2.24) is 24.1 Å². The summed E-state index contributed by atoms with van der Waals surface area (Å²) < 4.78 is 15.5. The molecule has 0 amide bonds. The van der Waals surface area contributed by atoms with E-state index in [1.54, 1.807) is 43.3 Å². The largest absolute Gasteiger partial charge is 0.491 e. The second-order valence-corrected chi connectivity index (χ2v) is 10.1. The summed E-state index contributed by atoms with van der Waals surface area (Å²) in [6.45, 7) is 0. The maximum Gasteiger partial charge on any atom is 0.253 e. The molecule has 0 unspecified atom stereocenters. The fraction of sp³-hybridized carbons (Fsp3) is 0.393. The Morgan fingerprint density at radius 2 is 1.95 bits per heavy atom. The Labute approximate surface area is 214 Å². The number of pyridine rings is 3. The van der Waals surface area contributed by atoms with Gasteiger partial charge in [-0.25, -0.2) is 9.97 Å². The summed E-state index contributed by atoms with van der Waals surface area (Å²) in [6.07, 6.45) is 10.2. The minimum atomic E-state index is -0.0194. The summed E-state index contributed by atoms with van der Waals surface area (Å²) in [5.41, 5.74) is 3.78. The van der Waals surface area contributed by atoms with Gasteiger partial charge >= 0.3 is 0 Å². The molecule has 0 aromatic carbocycles. The Morgan fingerprint density at radius 3 is 2.68 bits per heavy atom. The predicted molar refractivity (Wildman–Crippen MR) is 137 cm³/mol. The van der Waals surface area contributed by atoms with Crippen LogP contribution in [-0.4, -0.2) is 37.0 Å². The Balaban J connectivity index is 1.31. The highest BCUT2D eigenvalue weighted by Gasteiger charge is 2.29. The van der Waals surface area contributed by atoms with Gasteiger partial charge in [-0.3, -0.25) is 14.6 Å². The van der Waals surface area contributed by atoms with E-state index in [-0.39, 0.29) is 17.3 Å². The number of aryl methyl sites for hydroxylation is 2. The number of hydrogen-bond donors (Lipinski definition) is 0. The third-order valence-corrected chi connectivity index (χ3v) is 7.20. The van der Waals surface area contributed by atoms with Crippen molar-refractivity contribution >= 4 is 16.9 Å². The van der Waals surface area contributed by atoms with Gasteiger partial charge in [0.1, 0.15) is 22.9 Å². The number of rotatable bonds is 9. The lowest BCUT2D eigenvalue weighted by molar-refractivity contribution is -0.119. The van der Waals surface area contributed by atoms with Gasteiger partial charge in [-0.1, -0.05) is 0 Å². The summed E-state index contributed by atoms with van der Waals surface area (Å²) in [7, 11) is 5.27. The number of aromatic nitrogens is 5. The molecule has 6 rings (SSSR count). The average Bonchev–Trinajstić information content (AvgIpc) is 3.80. The first-order valence-corrected chi connectivity index (χ1v) is 12.6. The van der Waals surface area contributed by atoms with Crippen molar-refractivity contribution in [3.05, 3.63) is 69.8 Å². The first kappa shape index (κ1) is 23.4. The summed E-state index contributed by atoms with van der Waals surface area (Å²) in [6, 6.07) is 5.54. The SMILES string of the molecule is COc1c(Oc2ccnc(CC(=O)C3CC3)c2)cnc2nc(Cc3cc(C4CC4)cn(C)c3=O)n(C)c12. The van der Waals surface area contributed by atoms with Crippen molar-refractivity contribution in [3.63, 3.8) is 0 Å². The molecular formula is C28H29N5O4. The van der Waals surface area contributed by atoms with Gasteiger partial charge in [0.15, 0.2) is 17.1 Å². The molecule has 4 heterocycles. The number of ether oxygens (including phenoxy) is 2. The first-order chi connectivity index (χ1) is 17.9. The molecule has 0 atom stereocenters. The fourth-order valence-electron chi connectivity index (χ4n) is 4.81. The van der Waals surface area contributed by atoms with Gasteiger partial charge in [0.25, 0.3) is 5.56 Å². The van der Waals surface area contributed by atoms with Crippen LogP contribution in [0.4, 0.5) is 0 Å². The normalized spacial score (nSPS) is 15.2. The van der Waals surface area contributed by atoms with Crippen LogP contribution in [0.5, 0.6) is 17.2 Å². The molecule has 190 valence electrons. The smallest absolute Gasteiger partial charge is 0.253 e. The van der Waals surface area contributed by atoms with Crippen molar-refractivity contribution in [1.29, 1.82) is 0 Å². The third-order valence-electron chi connectivity index (χ3n) is 7.20. The molecule has 0 saturated heterocycles. The van der Waals surface area contributed by atoms with Crippen molar-refractivity contribution in [2.75, 3.05) is 7.11 Å². The number of Topliss-reactive ketones (excluding diaryl/α,β-unsaturated/α-hetero) is 1. The molecule has 0 N–H and O–H groups in total. The number of ketones is 1. The van der Waals surface area contributed by atoms with E-state index in [1.165, 1.54) is 18.4 Å². The topological polar surface area (TPSA) is 101 Å². The number of imidazole rings is 1. The predicted octanol–water partition coefficient (Wildman–Crippen LogP) is 3.85. The molecule has 37 heavy (non-hydrogen) atoms. The van der Waals surface area contributed by atoms with Crippen molar-refractivity contribution in [2.45, 2.75) is 44.4 Å². The summed E-state index contributed by atoms with van der Waals surface area (Å²) in [5, 5.41) is 0. The molecular weight excluding hydrogens is 470 g/mol. The highest BCUT2D eigenvalue weighted by molar-refractivity contribution is 5.85. The number of carbonyl (C=O) groups is 1. The fourth-order valence-corrected chi connectivity index (χ4v) is 4.81. The van der Waals surface area contributed by atoms with Crippen LogP contribution < -0.4 is 15.0 Å². The zero-order valence-corrected chi connectivity index (χ0v) is 21.2. The van der Waals surface area contributed by atoms with Crippen LogP contribution in [0.2, 0.25) is 0 Å². The van der Waals surface area contributed by atoms with Crippen LogP contribution in [0.15, 0.2) is 41.6 Å². The van der Waals surface area contributed by atoms with Gasteiger partial charge in [0, 0.05) is 56.9 Å². The van der Waals surface area contributed by atoms with Crippen molar-refractivity contribution < 1.29 is 14.3 Å². The van der Waals surface area contributed by atoms with E-state index in [2.05, 4.69) is 9.97 Å². The number of nitrogens with zero attached hydrogens (tertiary/aromatic N) is 5. The molecule has 2 aliphatic carbocycles. The summed E-state index contributed by atoms with van der Waals surface area (Å²) >= 11 is 0. The van der Waals surface area contributed by atoms with Crippen LogP contribution >= 0.6 is 0 Å². The minimum Gasteiger partial charge on any atom is -0.491 e. The number of fused-ring (bicyclic) bond motifs is 1. The third kappa shape index (κ3) is 4.61. The molecule has 4 aromatic heterocycles. The quantitative estimate of drug-likeness (QED) is 0.345. The van der Waals surface area contributed by atoms with Gasteiger partial charge in [0.2, 0.25) is 0 Å². The number of methoxy groups -OCH3 is 1. The second-order valence-electron chi connectivity index (χ2n) is 10.1. The zero-order chi connectivity index (χ0) is 25.7. The highest BCUT2D eigenvalue weighted by atomic mass is 16.5. The lowest BCUT2D eigenvalue weighted by atomic mass is 10.1. The van der Waals surface area contributed by atoms with E-state index in [0.29, 0.717) is 64.3 Å². The molecule has 9 heteroatoms. The van der Waals surface area contributed by atoms with E-state index >= 15 is 0 Å². The molecule has 0 bridgehead atoms. The van der Waals surface area contributed by atoms with Gasteiger partial charge in [-0.2, -0.15) is 0 Å². The Kier molecular flexibility index (Phi) is 5.78. The molecule has 4 aromatic rings. The lowest BCUT2D eigenvalue weighted by Gasteiger charge is -2.12. The van der Waals surface area contributed by atoms with Gasteiger partial charge in [0.05, 0.1) is 19.0 Å². The average molecular weight is 500 g/mol. The molecule has 2 saturated carbocycles. The van der Waals surface area contributed by atoms with Crippen LogP contribution in [0.3, 0.4) is 0 Å². The first-order valence-electron chi connectivity index (χ1n) is 12.6. The Hall–Kier alpha value is -4.01. The van der Waals surface area contributed by atoms with Crippen LogP contribution in [0.1, 0.15) is 54.2 Å². The van der Waals surface area contributed by atoms with E-state index in [9.17, 15) is 9.59 Å². The maximum absolute atomic E-state index is 12.8. The second kappa shape index (κ2) is 9.14. The Morgan fingerprint density at radius 1 is 1.14 bits per heavy atom. The molecule has 2 aliphatic rings. The van der Waals surface area contributed by atoms with Crippen molar-refractivity contribution in [3.8, 4) is 17.2 Å². The lowest BCUT2D eigenvalue weighted by Crippen LogP contribution is -2.22.